The molecule has 0 aliphatic carbocycles. The van der Waals surface area contributed by atoms with E-state index in [4.69, 9.17) is 4.42 Å². The van der Waals surface area contributed by atoms with Crippen molar-refractivity contribution < 1.29 is 4.42 Å². The highest BCUT2D eigenvalue weighted by molar-refractivity contribution is 9.10. The minimum absolute atomic E-state index is 0.423. The van der Waals surface area contributed by atoms with Crippen LogP contribution in [0.4, 0.5) is 0 Å². The fourth-order valence-corrected chi connectivity index (χ4v) is 3.09. The number of hydrogen-bond donors (Lipinski definition) is 1. The highest BCUT2D eigenvalue weighted by Gasteiger charge is 2.10. The van der Waals surface area contributed by atoms with Crippen molar-refractivity contribution in [3.63, 3.8) is 0 Å². The van der Waals surface area contributed by atoms with Gasteiger partial charge in [-0.3, -0.25) is 0 Å². The van der Waals surface area contributed by atoms with Crippen LogP contribution < -0.4 is 0 Å². The van der Waals surface area contributed by atoms with Gasteiger partial charge in [0.2, 0.25) is 0 Å². The summed E-state index contributed by atoms with van der Waals surface area (Å²) >= 11 is 3.54. The first-order valence-corrected chi connectivity index (χ1v) is 8.86. The number of furan rings is 1. The molecule has 5 heteroatoms. The summed E-state index contributed by atoms with van der Waals surface area (Å²) < 4.78 is 6.93. The number of para-hydroxylation sites is 2. The Morgan fingerprint density at radius 1 is 1.19 bits per heavy atom. The third-order valence-electron chi connectivity index (χ3n) is 4.13. The monoisotopic (exact) mass is 403 g/mol. The summed E-state index contributed by atoms with van der Waals surface area (Å²) in [7, 11) is 0. The molecule has 0 unspecified atom stereocenters. The van der Waals surface area contributed by atoms with Crippen LogP contribution in [0.3, 0.4) is 0 Å². The minimum atomic E-state index is 0.423. The van der Waals surface area contributed by atoms with E-state index in [0.717, 1.165) is 32.4 Å². The van der Waals surface area contributed by atoms with Gasteiger partial charge >= 0.3 is 0 Å². The van der Waals surface area contributed by atoms with Gasteiger partial charge in [-0.2, -0.15) is 5.26 Å². The van der Waals surface area contributed by atoms with Crippen LogP contribution in [0.1, 0.15) is 17.1 Å². The van der Waals surface area contributed by atoms with E-state index in [2.05, 4.69) is 32.0 Å². The molecule has 126 valence electrons. The van der Waals surface area contributed by atoms with Gasteiger partial charge in [0.1, 0.15) is 23.4 Å². The number of H-pyrrole nitrogens is 1. The van der Waals surface area contributed by atoms with Gasteiger partial charge in [0, 0.05) is 16.1 Å². The molecule has 26 heavy (non-hydrogen) atoms. The van der Waals surface area contributed by atoms with Crippen molar-refractivity contribution in [1.82, 2.24) is 9.97 Å². The van der Waals surface area contributed by atoms with E-state index >= 15 is 0 Å². The van der Waals surface area contributed by atoms with Crippen LogP contribution in [0.2, 0.25) is 0 Å². The normalized spacial score (nSPS) is 11.7. The fraction of sp³-hybridized carbons (Fsp3) is 0.0476. The molecule has 0 fully saturated rings. The van der Waals surface area contributed by atoms with Crippen molar-refractivity contribution in [3.05, 3.63) is 76.2 Å². The Kier molecular flexibility index (Phi) is 4.19. The summed E-state index contributed by atoms with van der Waals surface area (Å²) in [4.78, 5) is 7.64. The number of allylic oxidation sites excluding steroid dienone is 1. The molecule has 0 bridgehead atoms. The van der Waals surface area contributed by atoms with Gasteiger partial charge in [0.15, 0.2) is 0 Å². The summed E-state index contributed by atoms with van der Waals surface area (Å²) in [6.07, 6.45) is 1.70. The lowest BCUT2D eigenvalue weighted by atomic mass is 10.1. The molecule has 0 amide bonds. The van der Waals surface area contributed by atoms with E-state index in [1.165, 1.54) is 0 Å². The molecular formula is C21H14BrN3O. The number of hydrogen-bond acceptors (Lipinski definition) is 3. The molecule has 0 radical (unpaired) electrons. The largest absolute Gasteiger partial charge is 0.457 e. The van der Waals surface area contributed by atoms with Crippen LogP contribution in [0, 0.1) is 18.3 Å². The lowest BCUT2D eigenvalue weighted by Gasteiger charge is -2.01. The van der Waals surface area contributed by atoms with Gasteiger partial charge in [-0.1, -0.05) is 40.2 Å². The molecular weight excluding hydrogens is 390 g/mol. The number of aryl methyl sites for hydroxylation is 1. The Balaban J connectivity index is 1.69. The van der Waals surface area contributed by atoms with Gasteiger partial charge in [0.05, 0.1) is 16.6 Å². The molecule has 0 saturated carbocycles. The Hall–Kier alpha value is -3.10. The molecule has 0 saturated heterocycles. The first kappa shape index (κ1) is 16.4. The van der Waals surface area contributed by atoms with Crippen molar-refractivity contribution in [2.24, 2.45) is 0 Å². The van der Waals surface area contributed by atoms with Crippen molar-refractivity contribution >= 4 is 38.6 Å². The van der Waals surface area contributed by atoms with E-state index < -0.39 is 0 Å². The molecule has 2 heterocycles. The molecule has 0 aliphatic rings. The van der Waals surface area contributed by atoms with E-state index in [-0.39, 0.29) is 0 Å². The van der Waals surface area contributed by atoms with Crippen LogP contribution in [0.5, 0.6) is 0 Å². The Labute approximate surface area is 158 Å². The first-order chi connectivity index (χ1) is 12.6. The average molecular weight is 404 g/mol. The quantitative estimate of drug-likeness (QED) is 0.429. The summed E-state index contributed by atoms with van der Waals surface area (Å²) in [5, 5.41) is 9.53. The number of nitrogens with one attached hydrogen (secondary N) is 1. The second-order valence-corrected chi connectivity index (χ2v) is 6.79. The molecule has 0 spiro atoms. The molecule has 4 aromatic rings. The van der Waals surface area contributed by atoms with Crippen LogP contribution in [0.15, 0.2) is 63.5 Å². The molecule has 2 aromatic carbocycles. The number of nitrogens with zero attached hydrogens (tertiary/aromatic N) is 2. The van der Waals surface area contributed by atoms with E-state index in [1.54, 1.807) is 6.08 Å². The maximum atomic E-state index is 9.53. The highest BCUT2D eigenvalue weighted by atomic mass is 79.9. The zero-order chi connectivity index (χ0) is 18.1. The molecule has 0 atom stereocenters. The predicted molar refractivity (Wildman–Crippen MR) is 106 cm³/mol. The molecule has 0 aliphatic heterocycles. The lowest BCUT2D eigenvalue weighted by molar-refractivity contribution is 0.572. The van der Waals surface area contributed by atoms with Gasteiger partial charge in [-0.25, -0.2) is 4.98 Å². The molecule has 2 aromatic heterocycles. The van der Waals surface area contributed by atoms with Crippen molar-refractivity contribution in [2.75, 3.05) is 0 Å². The maximum Gasteiger partial charge on any atom is 0.149 e. The van der Waals surface area contributed by atoms with Gasteiger partial charge in [-0.05, 0) is 42.8 Å². The van der Waals surface area contributed by atoms with Gasteiger partial charge in [0.25, 0.3) is 0 Å². The Morgan fingerprint density at radius 2 is 2.04 bits per heavy atom. The SMILES string of the molecule is Cc1ccc(-c2ccc(/C=C(/C#N)c3nc4ccccc4[nH]3)o2)cc1Br. The van der Waals surface area contributed by atoms with Crippen molar-refractivity contribution in [2.45, 2.75) is 6.92 Å². The number of aromatic amines is 1. The van der Waals surface area contributed by atoms with Crippen molar-refractivity contribution in [3.8, 4) is 17.4 Å². The second kappa shape index (κ2) is 6.66. The van der Waals surface area contributed by atoms with Crippen molar-refractivity contribution in [1.29, 1.82) is 5.26 Å². The summed E-state index contributed by atoms with van der Waals surface area (Å²) in [5.74, 6) is 1.89. The topological polar surface area (TPSA) is 65.6 Å². The number of aromatic nitrogens is 2. The lowest BCUT2D eigenvalue weighted by Crippen LogP contribution is -1.84. The van der Waals surface area contributed by atoms with Crippen LogP contribution >= 0.6 is 15.9 Å². The summed E-state index contributed by atoms with van der Waals surface area (Å²) in [5.41, 5.74) is 4.29. The number of nitriles is 1. The van der Waals surface area contributed by atoms with E-state index in [9.17, 15) is 5.26 Å². The Bertz CT molecular complexity index is 1140. The number of imidazole rings is 1. The van der Waals surface area contributed by atoms with Crippen LogP contribution in [-0.2, 0) is 0 Å². The first-order valence-electron chi connectivity index (χ1n) is 8.07. The smallest absolute Gasteiger partial charge is 0.149 e. The molecule has 4 nitrogen and oxygen atoms in total. The van der Waals surface area contributed by atoms with Gasteiger partial charge < -0.3 is 9.40 Å². The predicted octanol–water partition coefficient (Wildman–Crippen LogP) is 5.96. The zero-order valence-corrected chi connectivity index (χ0v) is 15.5. The standard InChI is InChI=1S/C21H14BrN3O/c1-13-6-7-14(11-17(13)22)20-9-8-16(26-20)10-15(12-23)21-24-18-4-2-3-5-19(18)25-21/h2-11H,1H3,(H,24,25)/b15-10-. The second-order valence-electron chi connectivity index (χ2n) is 5.94. The summed E-state index contributed by atoms with van der Waals surface area (Å²) in [6, 6.07) is 19.7. The summed E-state index contributed by atoms with van der Waals surface area (Å²) in [6.45, 7) is 2.04. The zero-order valence-electron chi connectivity index (χ0n) is 14.0. The number of rotatable bonds is 3. The van der Waals surface area contributed by atoms with E-state index in [0.29, 0.717) is 17.2 Å². The van der Waals surface area contributed by atoms with Crippen LogP contribution in [-0.4, -0.2) is 9.97 Å². The number of halogens is 1. The number of benzene rings is 2. The fourth-order valence-electron chi connectivity index (χ4n) is 2.71. The third kappa shape index (κ3) is 3.07. The third-order valence-corrected chi connectivity index (χ3v) is 4.99. The number of fused-ring (bicyclic) bond motifs is 1. The maximum absolute atomic E-state index is 9.53. The van der Waals surface area contributed by atoms with Gasteiger partial charge in [-0.15, -0.1) is 0 Å². The highest BCUT2D eigenvalue weighted by Crippen LogP contribution is 2.28. The Morgan fingerprint density at radius 3 is 2.81 bits per heavy atom. The van der Waals surface area contributed by atoms with E-state index in [1.807, 2.05) is 61.5 Å². The molecule has 1 N–H and O–H groups in total. The van der Waals surface area contributed by atoms with Crippen LogP contribution in [0.25, 0.3) is 34.0 Å². The molecule has 4 rings (SSSR count). The average Bonchev–Trinajstić information content (AvgIpc) is 3.28. The minimum Gasteiger partial charge on any atom is -0.457 e.